The number of benzene rings is 1. The van der Waals surface area contributed by atoms with Crippen LogP contribution in [0.5, 0.6) is 0 Å². The lowest BCUT2D eigenvalue weighted by molar-refractivity contribution is -0.131. The summed E-state index contributed by atoms with van der Waals surface area (Å²) in [5.74, 6) is -0.254. The normalized spacial score (nSPS) is 18.9. The lowest BCUT2D eigenvalue weighted by atomic mass is 10.1. The Morgan fingerprint density at radius 3 is 2.89 bits per heavy atom. The van der Waals surface area contributed by atoms with Gasteiger partial charge in [-0.3, -0.25) is 4.79 Å². The third-order valence-corrected chi connectivity index (χ3v) is 3.91. The van der Waals surface area contributed by atoms with E-state index < -0.39 is 0 Å². The maximum Gasteiger partial charge on any atom is 0.227 e. The Kier molecular flexibility index (Phi) is 6.23. The number of nitrogens with two attached hydrogens (primary N) is 1. The van der Waals surface area contributed by atoms with E-state index in [0.717, 1.165) is 24.9 Å². The first-order valence-corrected chi connectivity index (χ1v) is 6.83. The molecule has 1 saturated heterocycles. The van der Waals surface area contributed by atoms with E-state index >= 15 is 0 Å². The van der Waals surface area contributed by atoms with Crippen LogP contribution in [0.25, 0.3) is 0 Å². The van der Waals surface area contributed by atoms with Crippen molar-refractivity contribution in [2.24, 2.45) is 5.73 Å². The van der Waals surface area contributed by atoms with E-state index in [1.54, 1.807) is 11.0 Å². The van der Waals surface area contributed by atoms with Crippen molar-refractivity contribution < 1.29 is 9.18 Å². The van der Waals surface area contributed by atoms with Crippen LogP contribution >= 0.6 is 28.3 Å². The van der Waals surface area contributed by atoms with Crippen LogP contribution in [0, 0.1) is 5.82 Å². The molecule has 0 aliphatic carbocycles. The first-order valence-electron chi connectivity index (χ1n) is 6.03. The van der Waals surface area contributed by atoms with Gasteiger partial charge in [0.1, 0.15) is 5.82 Å². The Morgan fingerprint density at radius 2 is 2.26 bits per heavy atom. The zero-order chi connectivity index (χ0) is 13.1. The van der Waals surface area contributed by atoms with Crippen LogP contribution in [0.2, 0.25) is 0 Å². The molecule has 0 aromatic heterocycles. The summed E-state index contributed by atoms with van der Waals surface area (Å²) in [6.07, 6.45) is 2.22. The van der Waals surface area contributed by atoms with Crippen molar-refractivity contribution in [1.29, 1.82) is 0 Å². The van der Waals surface area contributed by atoms with Crippen LogP contribution in [-0.2, 0) is 11.2 Å². The summed E-state index contributed by atoms with van der Waals surface area (Å²) in [5, 5.41) is 0. The fourth-order valence-corrected chi connectivity index (χ4v) is 2.67. The van der Waals surface area contributed by atoms with Crippen molar-refractivity contribution in [2.45, 2.75) is 25.3 Å². The number of piperidine rings is 1. The molecule has 6 heteroatoms. The van der Waals surface area contributed by atoms with Crippen molar-refractivity contribution in [3.8, 4) is 0 Å². The van der Waals surface area contributed by atoms with Gasteiger partial charge in [0, 0.05) is 23.6 Å². The van der Waals surface area contributed by atoms with Crippen molar-refractivity contribution in [3.05, 3.63) is 34.1 Å². The molecule has 1 fully saturated rings. The fourth-order valence-electron chi connectivity index (χ4n) is 2.18. The van der Waals surface area contributed by atoms with E-state index in [-0.39, 0.29) is 36.6 Å². The molecule has 19 heavy (non-hydrogen) atoms. The second-order valence-electron chi connectivity index (χ2n) is 4.65. The van der Waals surface area contributed by atoms with E-state index in [4.69, 9.17) is 5.73 Å². The van der Waals surface area contributed by atoms with E-state index in [0.29, 0.717) is 11.0 Å². The molecule has 1 aromatic rings. The molecule has 2 rings (SSSR count). The summed E-state index contributed by atoms with van der Waals surface area (Å²) in [6, 6.07) is 4.47. The molecule has 0 radical (unpaired) electrons. The highest BCUT2D eigenvalue weighted by Crippen LogP contribution is 2.20. The average molecular weight is 352 g/mol. The topological polar surface area (TPSA) is 46.3 Å². The molecule has 1 atom stereocenters. The number of hydrogen-bond acceptors (Lipinski definition) is 2. The van der Waals surface area contributed by atoms with Crippen LogP contribution in [0.4, 0.5) is 4.39 Å². The lowest BCUT2D eigenvalue weighted by Gasteiger charge is -2.31. The van der Waals surface area contributed by atoms with E-state index in [1.807, 2.05) is 0 Å². The Hall–Kier alpha value is -0.650. The summed E-state index contributed by atoms with van der Waals surface area (Å²) >= 11 is 3.28. The van der Waals surface area contributed by atoms with Crippen molar-refractivity contribution in [2.75, 3.05) is 13.1 Å². The summed E-state index contributed by atoms with van der Waals surface area (Å²) in [4.78, 5) is 13.9. The Labute approximate surface area is 126 Å². The van der Waals surface area contributed by atoms with Gasteiger partial charge in [-0.2, -0.15) is 0 Å². The average Bonchev–Trinajstić information content (AvgIpc) is 2.32. The van der Waals surface area contributed by atoms with E-state index in [1.165, 1.54) is 12.1 Å². The van der Waals surface area contributed by atoms with Crippen molar-refractivity contribution in [3.63, 3.8) is 0 Å². The number of carbonyl (C=O) groups is 1. The fraction of sp³-hybridized carbons (Fsp3) is 0.462. The molecule has 1 unspecified atom stereocenters. The van der Waals surface area contributed by atoms with Gasteiger partial charge in [-0.05, 0) is 30.5 Å². The third kappa shape index (κ3) is 4.44. The standard InChI is InChI=1S/C13H16BrFN2O.ClH/c14-12-7-10(15)4-3-9(12)6-13(18)17-5-1-2-11(16)8-17;/h3-4,7,11H,1-2,5-6,8,16H2;1H. The predicted molar refractivity (Wildman–Crippen MR) is 78.8 cm³/mol. The van der Waals surface area contributed by atoms with Crippen molar-refractivity contribution >= 4 is 34.2 Å². The van der Waals surface area contributed by atoms with Gasteiger partial charge in [0.15, 0.2) is 0 Å². The van der Waals surface area contributed by atoms with Gasteiger partial charge in [-0.25, -0.2) is 4.39 Å². The van der Waals surface area contributed by atoms with Gasteiger partial charge in [-0.15, -0.1) is 12.4 Å². The SMILES string of the molecule is Cl.NC1CCCN(C(=O)Cc2ccc(F)cc2Br)C1. The highest BCUT2D eigenvalue weighted by molar-refractivity contribution is 9.10. The summed E-state index contributed by atoms with van der Waals surface area (Å²) < 4.78 is 13.6. The zero-order valence-corrected chi connectivity index (χ0v) is 12.8. The number of halogens is 3. The number of carbonyl (C=O) groups excluding carboxylic acids is 1. The van der Waals surface area contributed by atoms with Crippen LogP contribution in [0.15, 0.2) is 22.7 Å². The minimum absolute atomic E-state index is 0. The second kappa shape index (κ2) is 7.22. The number of rotatable bonds is 2. The molecule has 3 nitrogen and oxygen atoms in total. The predicted octanol–water partition coefficient (Wildman–Crippen LogP) is 2.50. The van der Waals surface area contributed by atoms with Crippen LogP contribution in [-0.4, -0.2) is 29.9 Å². The van der Waals surface area contributed by atoms with Gasteiger partial charge in [0.25, 0.3) is 0 Å². The molecule has 106 valence electrons. The highest BCUT2D eigenvalue weighted by atomic mass is 79.9. The van der Waals surface area contributed by atoms with Crippen LogP contribution in [0.1, 0.15) is 18.4 Å². The maximum absolute atomic E-state index is 12.9. The number of likely N-dealkylation sites (tertiary alicyclic amines) is 1. The molecule has 1 aliphatic heterocycles. The molecule has 2 N–H and O–H groups in total. The molecule has 1 amide bonds. The molecular weight excluding hydrogens is 335 g/mol. The third-order valence-electron chi connectivity index (χ3n) is 3.17. The van der Waals surface area contributed by atoms with Gasteiger partial charge in [0.2, 0.25) is 5.91 Å². The number of amides is 1. The summed E-state index contributed by atoms with van der Waals surface area (Å²) in [6.45, 7) is 1.39. The number of hydrogen-bond donors (Lipinski definition) is 1. The highest BCUT2D eigenvalue weighted by Gasteiger charge is 2.21. The molecule has 0 bridgehead atoms. The second-order valence-corrected chi connectivity index (χ2v) is 5.51. The molecule has 1 aliphatic rings. The first kappa shape index (κ1) is 16.4. The zero-order valence-electron chi connectivity index (χ0n) is 10.4. The Morgan fingerprint density at radius 1 is 1.53 bits per heavy atom. The van der Waals surface area contributed by atoms with Gasteiger partial charge in [0.05, 0.1) is 6.42 Å². The van der Waals surface area contributed by atoms with Crippen LogP contribution < -0.4 is 5.73 Å². The minimum atomic E-state index is -0.307. The van der Waals surface area contributed by atoms with Gasteiger partial charge >= 0.3 is 0 Å². The van der Waals surface area contributed by atoms with Gasteiger partial charge in [-0.1, -0.05) is 22.0 Å². The Bertz CT molecular complexity index is 458. The monoisotopic (exact) mass is 350 g/mol. The van der Waals surface area contributed by atoms with Crippen molar-refractivity contribution in [1.82, 2.24) is 4.90 Å². The quantitative estimate of drug-likeness (QED) is 0.890. The van der Waals surface area contributed by atoms with Gasteiger partial charge < -0.3 is 10.6 Å². The number of nitrogens with zero attached hydrogens (tertiary/aromatic N) is 1. The van der Waals surface area contributed by atoms with E-state index in [2.05, 4.69) is 15.9 Å². The largest absolute Gasteiger partial charge is 0.341 e. The smallest absolute Gasteiger partial charge is 0.227 e. The first-order chi connectivity index (χ1) is 8.56. The van der Waals surface area contributed by atoms with Crippen LogP contribution in [0.3, 0.4) is 0 Å². The molecular formula is C13H17BrClFN2O. The Balaban J connectivity index is 0.00000180. The summed E-state index contributed by atoms with van der Waals surface area (Å²) in [7, 11) is 0. The maximum atomic E-state index is 12.9. The molecule has 1 aromatic carbocycles. The minimum Gasteiger partial charge on any atom is -0.341 e. The molecule has 1 heterocycles. The molecule has 0 spiro atoms. The summed E-state index contributed by atoms with van der Waals surface area (Å²) in [5.41, 5.74) is 6.66. The molecule has 0 saturated carbocycles. The lowest BCUT2D eigenvalue weighted by Crippen LogP contribution is -2.46. The van der Waals surface area contributed by atoms with E-state index in [9.17, 15) is 9.18 Å².